The van der Waals surface area contributed by atoms with Crippen LogP contribution in [0.25, 0.3) is 5.69 Å². The highest BCUT2D eigenvalue weighted by molar-refractivity contribution is 5.94. The summed E-state index contributed by atoms with van der Waals surface area (Å²) in [6.07, 6.45) is 1.07. The Hall–Kier alpha value is -3.87. The number of hydrogen-bond donors (Lipinski definition) is 3. The Kier molecular flexibility index (Phi) is 4.87. The van der Waals surface area contributed by atoms with E-state index in [2.05, 4.69) is 10.6 Å². The Labute approximate surface area is 166 Å². The normalized spacial score (nSPS) is 17.4. The lowest BCUT2D eigenvalue weighted by atomic mass is 10.1. The number of carbonyl (C=O) groups is 2. The predicted octanol–water partition coefficient (Wildman–Crippen LogP) is 2.50. The second-order valence-corrected chi connectivity index (χ2v) is 6.87. The van der Waals surface area contributed by atoms with Crippen LogP contribution in [-0.4, -0.2) is 27.7 Å². The lowest BCUT2D eigenvalue weighted by molar-refractivity contribution is 0.0928. The minimum atomic E-state index is -1.14. The van der Waals surface area contributed by atoms with Crippen molar-refractivity contribution in [3.63, 3.8) is 0 Å². The molecule has 0 fully saturated rings. The summed E-state index contributed by atoms with van der Waals surface area (Å²) in [5.74, 6) is -0.299. The van der Waals surface area contributed by atoms with Crippen LogP contribution in [0.3, 0.4) is 0 Å². The molecule has 0 bridgehead atoms. The van der Waals surface area contributed by atoms with Crippen LogP contribution in [0.5, 0.6) is 0 Å². The van der Waals surface area contributed by atoms with Crippen molar-refractivity contribution in [3.05, 3.63) is 100.0 Å². The molecular formula is C22H19N3O4. The van der Waals surface area contributed by atoms with Crippen molar-refractivity contribution in [2.75, 3.05) is 0 Å². The van der Waals surface area contributed by atoms with E-state index in [0.717, 1.165) is 11.1 Å². The third-order valence-electron chi connectivity index (χ3n) is 5.06. The van der Waals surface area contributed by atoms with Crippen molar-refractivity contribution >= 4 is 12.0 Å². The fourth-order valence-electron chi connectivity index (χ4n) is 3.71. The van der Waals surface area contributed by atoms with Crippen molar-refractivity contribution in [2.24, 2.45) is 0 Å². The lowest BCUT2D eigenvalue weighted by Crippen LogP contribution is -2.44. The first-order chi connectivity index (χ1) is 14.0. The first-order valence-corrected chi connectivity index (χ1v) is 9.19. The molecule has 2 amide bonds. The Balaban J connectivity index is 1.52. The largest absolute Gasteiger partial charge is 0.465 e. The van der Waals surface area contributed by atoms with Gasteiger partial charge in [0.05, 0.1) is 12.1 Å². The molecule has 29 heavy (non-hydrogen) atoms. The average molecular weight is 389 g/mol. The van der Waals surface area contributed by atoms with Crippen molar-refractivity contribution in [1.82, 2.24) is 15.2 Å². The Morgan fingerprint density at radius 3 is 2.38 bits per heavy atom. The Morgan fingerprint density at radius 1 is 0.931 bits per heavy atom. The van der Waals surface area contributed by atoms with E-state index in [1.165, 1.54) is 10.6 Å². The van der Waals surface area contributed by atoms with Gasteiger partial charge >= 0.3 is 6.09 Å². The SMILES string of the molecule is O=C(O)NC1c2ccccc2CC1NC(=O)c1ccc(-n2ccccc2=O)cc1. The number of nitrogens with one attached hydrogen (secondary N) is 2. The molecule has 2 aromatic carbocycles. The number of hydrogen-bond acceptors (Lipinski definition) is 3. The van der Waals surface area contributed by atoms with Crippen LogP contribution in [0, 0.1) is 0 Å². The quantitative estimate of drug-likeness (QED) is 0.638. The number of carboxylic acid groups (broad SMARTS) is 1. The van der Waals surface area contributed by atoms with Gasteiger partial charge < -0.3 is 15.7 Å². The van der Waals surface area contributed by atoms with Crippen molar-refractivity contribution < 1.29 is 14.7 Å². The van der Waals surface area contributed by atoms with Crippen LogP contribution in [0.2, 0.25) is 0 Å². The van der Waals surface area contributed by atoms with Crippen LogP contribution >= 0.6 is 0 Å². The number of nitrogens with zero attached hydrogens (tertiary/aromatic N) is 1. The van der Waals surface area contributed by atoms with Gasteiger partial charge in [-0.05, 0) is 47.9 Å². The lowest BCUT2D eigenvalue weighted by Gasteiger charge is -2.22. The van der Waals surface area contributed by atoms with Crippen molar-refractivity contribution in [1.29, 1.82) is 0 Å². The number of fused-ring (bicyclic) bond motifs is 1. The molecule has 2 atom stereocenters. The summed E-state index contributed by atoms with van der Waals surface area (Å²) in [4.78, 5) is 35.9. The average Bonchev–Trinajstić information content (AvgIpc) is 3.05. The van der Waals surface area contributed by atoms with E-state index in [4.69, 9.17) is 0 Å². The minimum Gasteiger partial charge on any atom is -0.465 e. The zero-order chi connectivity index (χ0) is 20.4. The van der Waals surface area contributed by atoms with Crippen LogP contribution < -0.4 is 16.2 Å². The van der Waals surface area contributed by atoms with Crippen LogP contribution in [0.15, 0.2) is 77.7 Å². The monoisotopic (exact) mass is 389 g/mol. The molecule has 0 radical (unpaired) electrons. The summed E-state index contributed by atoms with van der Waals surface area (Å²) in [6, 6.07) is 18.2. The second kappa shape index (κ2) is 7.63. The van der Waals surface area contributed by atoms with E-state index in [1.54, 1.807) is 42.6 Å². The number of amides is 2. The zero-order valence-corrected chi connectivity index (χ0v) is 15.4. The molecule has 3 N–H and O–H groups in total. The molecule has 1 aromatic heterocycles. The Bertz CT molecular complexity index is 1120. The standard InChI is InChI=1S/C22H19N3O4/c26-19-7-3-4-12-25(19)16-10-8-14(9-11-16)21(27)23-18-13-15-5-1-2-6-17(15)20(18)24-22(28)29/h1-12,18,20,24H,13H2,(H,23,27)(H,28,29). The van der Waals surface area contributed by atoms with Gasteiger partial charge in [0.2, 0.25) is 0 Å². The number of pyridine rings is 1. The molecule has 1 aliphatic rings. The minimum absolute atomic E-state index is 0.156. The molecule has 0 saturated carbocycles. The molecule has 7 heteroatoms. The number of carbonyl (C=O) groups excluding carboxylic acids is 1. The van der Waals surface area contributed by atoms with Gasteiger partial charge in [0.25, 0.3) is 11.5 Å². The van der Waals surface area contributed by atoms with E-state index < -0.39 is 12.1 Å². The number of benzene rings is 2. The summed E-state index contributed by atoms with van der Waals surface area (Å²) < 4.78 is 1.49. The van der Waals surface area contributed by atoms with E-state index in [0.29, 0.717) is 17.7 Å². The molecule has 7 nitrogen and oxygen atoms in total. The van der Waals surface area contributed by atoms with Gasteiger partial charge in [-0.15, -0.1) is 0 Å². The number of rotatable bonds is 4. The molecule has 1 aliphatic carbocycles. The first kappa shape index (κ1) is 18.5. The summed E-state index contributed by atoms with van der Waals surface area (Å²) in [5, 5.41) is 14.6. The topological polar surface area (TPSA) is 100 Å². The molecule has 3 aromatic rings. The third kappa shape index (κ3) is 3.75. The molecule has 146 valence electrons. The van der Waals surface area contributed by atoms with Gasteiger partial charge in [-0.1, -0.05) is 30.3 Å². The number of aromatic nitrogens is 1. The van der Waals surface area contributed by atoms with Gasteiger partial charge in [0, 0.05) is 23.5 Å². The maximum absolute atomic E-state index is 12.7. The van der Waals surface area contributed by atoms with E-state index in [-0.39, 0.29) is 17.5 Å². The van der Waals surface area contributed by atoms with E-state index in [9.17, 15) is 19.5 Å². The molecule has 0 spiro atoms. The summed E-state index contributed by atoms with van der Waals surface area (Å²) in [5.41, 5.74) is 2.82. The fraction of sp³-hybridized carbons (Fsp3) is 0.136. The summed E-state index contributed by atoms with van der Waals surface area (Å²) in [6.45, 7) is 0. The molecule has 4 rings (SSSR count). The predicted molar refractivity (Wildman–Crippen MR) is 107 cm³/mol. The first-order valence-electron chi connectivity index (χ1n) is 9.19. The molecule has 1 heterocycles. The highest BCUT2D eigenvalue weighted by Crippen LogP contribution is 2.31. The molecule has 0 saturated heterocycles. The fourth-order valence-corrected chi connectivity index (χ4v) is 3.71. The van der Waals surface area contributed by atoms with E-state index in [1.807, 2.05) is 24.3 Å². The van der Waals surface area contributed by atoms with Gasteiger partial charge in [-0.2, -0.15) is 0 Å². The van der Waals surface area contributed by atoms with Gasteiger partial charge in [0.15, 0.2) is 0 Å². The van der Waals surface area contributed by atoms with Gasteiger partial charge in [0.1, 0.15) is 0 Å². The summed E-state index contributed by atoms with van der Waals surface area (Å²) in [7, 11) is 0. The van der Waals surface area contributed by atoms with Crippen molar-refractivity contribution in [3.8, 4) is 5.69 Å². The van der Waals surface area contributed by atoms with E-state index >= 15 is 0 Å². The van der Waals surface area contributed by atoms with Crippen LogP contribution in [0.1, 0.15) is 27.5 Å². The van der Waals surface area contributed by atoms with Crippen LogP contribution in [0.4, 0.5) is 4.79 Å². The van der Waals surface area contributed by atoms with Gasteiger partial charge in [-0.25, -0.2) is 4.79 Å². The Morgan fingerprint density at radius 2 is 1.66 bits per heavy atom. The molecular weight excluding hydrogens is 370 g/mol. The second-order valence-electron chi connectivity index (χ2n) is 6.87. The molecule has 2 unspecified atom stereocenters. The van der Waals surface area contributed by atoms with Crippen molar-refractivity contribution in [2.45, 2.75) is 18.5 Å². The highest BCUT2D eigenvalue weighted by atomic mass is 16.4. The summed E-state index contributed by atoms with van der Waals surface area (Å²) >= 11 is 0. The third-order valence-corrected chi connectivity index (χ3v) is 5.06. The maximum atomic E-state index is 12.7. The molecule has 0 aliphatic heterocycles. The highest BCUT2D eigenvalue weighted by Gasteiger charge is 2.34. The zero-order valence-electron chi connectivity index (χ0n) is 15.4. The van der Waals surface area contributed by atoms with Gasteiger partial charge in [-0.3, -0.25) is 14.2 Å². The van der Waals surface area contributed by atoms with Crippen LogP contribution in [-0.2, 0) is 6.42 Å². The smallest absolute Gasteiger partial charge is 0.405 e. The maximum Gasteiger partial charge on any atom is 0.405 e.